The molecule has 128 valence electrons. The summed E-state index contributed by atoms with van der Waals surface area (Å²) in [5.41, 5.74) is 7.82. The molecule has 0 saturated carbocycles. The summed E-state index contributed by atoms with van der Waals surface area (Å²) < 4.78 is 11.9. The molecule has 2 N–H and O–H groups in total. The first-order valence-corrected chi connectivity index (χ1v) is 8.21. The predicted octanol–water partition coefficient (Wildman–Crippen LogP) is 3.74. The topological polar surface area (TPSA) is 85.3 Å². The molecule has 5 nitrogen and oxygen atoms in total. The van der Waals surface area contributed by atoms with Crippen LogP contribution in [0.5, 0.6) is 11.5 Å². The molecule has 0 bridgehead atoms. The van der Waals surface area contributed by atoms with Gasteiger partial charge in [0.25, 0.3) is 5.91 Å². The summed E-state index contributed by atoms with van der Waals surface area (Å²) in [7, 11) is 1.52. The van der Waals surface area contributed by atoms with E-state index in [0.717, 1.165) is 11.1 Å². The lowest BCUT2D eigenvalue weighted by Crippen LogP contribution is -2.12. The molecule has 2 rings (SSSR count). The third kappa shape index (κ3) is 4.85. The van der Waals surface area contributed by atoms with Crippen molar-refractivity contribution in [3.63, 3.8) is 0 Å². The number of hydrogen-bond donors (Lipinski definition) is 1. The van der Waals surface area contributed by atoms with Gasteiger partial charge in [0.15, 0.2) is 11.5 Å². The molecule has 0 spiro atoms. The van der Waals surface area contributed by atoms with E-state index < -0.39 is 5.91 Å². The Hall–Kier alpha value is -2.78. The first-order chi connectivity index (χ1) is 11.9. The number of nitrogens with two attached hydrogens (primary N) is 1. The number of amides is 1. The average Bonchev–Trinajstić information content (AvgIpc) is 2.58. The summed E-state index contributed by atoms with van der Waals surface area (Å²) in [5, 5.41) is 8.95. The van der Waals surface area contributed by atoms with Crippen LogP contribution in [-0.4, -0.2) is 13.0 Å². The van der Waals surface area contributed by atoms with Crippen molar-refractivity contribution in [1.82, 2.24) is 0 Å². The van der Waals surface area contributed by atoms with E-state index in [4.69, 9.17) is 20.5 Å². The van der Waals surface area contributed by atoms with Crippen molar-refractivity contribution in [2.75, 3.05) is 7.11 Å². The molecule has 25 heavy (non-hydrogen) atoms. The van der Waals surface area contributed by atoms with Gasteiger partial charge in [0.05, 0.1) is 11.6 Å². The lowest BCUT2D eigenvalue weighted by Gasteiger charge is -2.14. The highest BCUT2D eigenvalue weighted by molar-refractivity contribution is 9.10. The minimum Gasteiger partial charge on any atom is -0.493 e. The third-order valence-corrected chi connectivity index (χ3v) is 4.00. The van der Waals surface area contributed by atoms with Crippen LogP contribution in [-0.2, 0) is 11.4 Å². The van der Waals surface area contributed by atoms with Crippen LogP contribution in [0.25, 0.3) is 6.08 Å². The Morgan fingerprint density at radius 3 is 2.72 bits per heavy atom. The molecule has 2 aromatic carbocycles. The molecule has 0 heterocycles. The van der Waals surface area contributed by atoms with E-state index >= 15 is 0 Å². The Kier molecular flexibility index (Phi) is 6.20. The second kappa shape index (κ2) is 8.36. The molecule has 0 aliphatic carbocycles. The fourth-order valence-electron chi connectivity index (χ4n) is 2.25. The largest absolute Gasteiger partial charge is 0.493 e. The minimum absolute atomic E-state index is 0.137. The molecule has 6 heteroatoms. The van der Waals surface area contributed by atoms with Crippen molar-refractivity contribution in [2.45, 2.75) is 13.5 Å². The zero-order chi connectivity index (χ0) is 18.4. The highest BCUT2D eigenvalue weighted by atomic mass is 79.9. The zero-order valence-corrected chi connectivity index (χ0v) is 15.5. The van der Waals surface area contributed by atoms with Gasteiger partial charge >= 0.3 is 0 Å². The summed E-state index contributed by atoms with van der Waals surface area (Å²) in [6, 6.07) is 13.2. The molecule has 1 amide bonds. The van der Waals surface area contributed by atoms with Crippen molar-refractivity contribution in [3.05, 3.63) is 63.1 Å². The van der Waals surface area contributed by atoms with Gasteiger partial charge < -0.3 is 15.2 Å². The number of benzene rings is 2. The van der Waals surface area contributed by atoms with E-state index in [-0.39, 0.29) is 5.57 Å². The maximum atomic E-state index is 11.2. The van der Waals surface area contributed by atoms with Gasteiger partial charge in [-0.2, -0.15) is 5.26 Å². The van der Waals surface area contributed by atoms with Crippen molar-refractivity contribution >= 4 is 27.9 Å². The smallest absolute Gasteiger partial charge is 0.259 e. The standard InChI is InChI=1S/C19H17BrN2O3/c1-12-4-3-5-13(6-12)11-25-18-16(20)8-14(9-17(18)24-2)7-15(10-21)19(22)23/h3-9H,11H2,1-2H3,(H2,22,23)/b15-7+. The lowest BCUT2D eigenvalue weighted by molar-refractivity contribution is -0.114. The van der Waals surface area contributed by atoms with Crippen LogP contribution in [0.3, 0.4) is 0 Å². The molecule has 0 radical (unpaired) electrons. The van der Waals surface area contributed by atoms with Gasteiger partial charge in [-0.25, -0.2) is 0 Å². The number of carbonyl (C=O) groups is 1. The summed E-state index contributed by atoms with van der Waals surface area (Å²) in [6.45, 7) is 2.41. The fraction of sp³-hybridized carbons (Fsp3) is 0.158. The SMILES string of the molecule is COc1cc(/C=C(\C#N)C(N)=O)cc(Br)c1OCc1cccc(C)c1. The van der Waals surface area contributed by atoms with Gasteiger partial charge in [-0.1, -0.05) is 29.8 Å². The van der Waals surface area contributed by atoms with Crippen LogP contribution >= 0.6 is 15.9 Å². The highest BCUT2D eigenvalue weighted by Crippen LogP contribution is 2.37. The second-order valence-electron chi connectivity index (χ2n) is 5.35. The number of hydrogen-bond acceptors (Lipinski definition) is 4. The number of nitriles is 1. The van der Waals surface area contributed by atoms with E-state index in [9.17, 15) is 4.79 Å². The van der Waals surface area contributed by atoms with Crippen LogP contribution in [0.2, 0.25) is 0 Å². The number of primary amides is 1. The maximum absolute atomic E-state index is 11.2. The Labute approximate surface area is 154 Å². The number of halogens is 1. The van der Waals surface area contributed by atoms with Crippen molar-refractivity contribution < 1.29 is 14.3 Å². The van der Waals surface area contributed by atoms with Crippen molar-refractivity contribution in [2.24, 2.45) is 5.73 Å². The second-order valence-corrected chi connectivity index (χ2v) is 6.20. The van der Waals surface area contributed by atoms with Crippen molar-refractivity contribution in [1.29, 1.82) is 5.26 Å². The van der Waals surface area contributed by atoms with Crippen LogP contribution in [0.4, 0.5) is 0 Å². The molecule has 0 fully saturated rings. The Morgan fingerprint density at radius 1 is 1.36 bits per heavy atom. The number of rotatable bonds is 6. The molecule has 0 saturated heterocycles. The van der Waals surface area contributed by atoms with Crippen molar-refractivity contribution in [3.8, 4) is 17.6 Å². The van der Waals surface area contributed by atoms with Crippen LogP contribution in [0, 0.1) is 18.3 Å². The number of aryl methyl sites for hydroxylation is 1. The molecule has 0 unspecified atom stereocenters. The first-order valence-electron chi connectivity index (χ1n) is 7.42. The summed E-state index contributed by atoms with van der Waals surface area (Å²) in [5.74, 6) is 0.242. The van der Waals surface area contributed by atoms with Gasteiger partial charge in [0.1, 0.15) is 18.2 Å². The van der Waals surface area contributed by atoms with Gasteiger partial charge in [-0.05, 0) is 52.2 Å². The Morgan fingerprint density at radius 2 is 2.12 bits per heavy atom. The summed E-state index contributed by atoms with van der Waals surface area (Å²) in [4.78, 5) is 11.2. The molecule has 2 aromatic rings. The molecule has 0 aliphatic rings. The minimum atomic E-state index is -0.780. The van der Waals surface area contributed by atoms with Gasteiger partial charge in [-0.15, -0.1) is 0 Å². The zero-order valence-electron chi connectivity index (χ0n) is 13.9. The quantitative estimate of drug-likeness (QED) is 0.590. The van der Waals surface area contributed by atoms with Crippen LogP contribution in [0.15, 0.2) is 46.4 Å². The number of nitrogens with zero attached hydrogens (tertiary/aromatic N) is 1. The molecular formula is C19H17BrN2O3. The van der Waals surface area contributed by atoms with E-state index in [1.807, 2.05) is 31.2 Å². The summed E-state index contributed by atoms with van der Waals surface area (Å²) in [6.07, 6.45) is 1.40. The van der Waals surface area contributed by atoms with Gasteiger partial charge in [0, 0.05) is 0 Å². The predicted molar refractivity (Wildman–Crippen MR) is 99.0 cm³/mol. The third-order valence-electron chi connectivity index (χ3n) is 3.41. The highest BCUT2D eigenvalue weighted by Gasteiger charge is 2.13. The summed E-state index contributed by atoms with van der Waals surface area (Å²) >= 11 is 3.44. The number of carbonyl (C=O) groups excluding carboxylic acids is 1. The Balaban J connectivity index is 2.31. The Bertz CT molecular complexity index is 869. The van der Waals surface area contributed by atoms with Crippen LogP contribution < -0.4 is 15.2 Å². The first kappa shape index (κ1) is 18.6. The monoisotopic (exact) mass is 400 g/mol. The van der Waals surface area contributed by atoms with E-state index in [1.165, 1.54) is 13.2 Å². The van der Waals surface area contributed by atoms with Gasteiger partial charge in [-0.3, -0.25) is 4.79 Å². The van der Waals surface area contributed by atoms with E-state index in [0.29, 0.717) is 28.1 Å². The normalized spacial score (nSPS) is 10.9. The molecule has 0 aliphatic heterocycles. The average molecular weight is 401 g/mol. The lowest BCUT2D eigenvalue weighted by atomic mass is 10.1. The molecular weight excluding hydrogens is 384 g/mol. The van der Waals surface area contributed by atoms with Crippen LogP contribution in [0.1, 0.15) is 16.7 Å². The van der Waals surface area contributed by atoms with Gasteiger partial charge in [0.2, 0.25) is 0 Å². The van der Waals surface area contributed by atoms with E-state index in [1.54, 1.807) is 18.2 Å². The molecule has 0 aromatic heterocycles. The maximum Gasteiger partial charge on any atom is 0.259 e. The fourth-order valence-corrected chi connectivity index (χ4v) is 2.82. The van der Waals surface area contributed by atoms with E-state index in [2.05, 4.69) is 15.9 Å². The molecule has 0 atom stereocenters. The number of methoxy groups -OCH3 is 1. The number of ether oxygens (including phenoxy) is 2.